The van der Waals surface area contributed by atoms with E-state index in [9.17, 15) is 37.1 Å². The maximum absolute atomic E-state index is 14.3. The zero-order valence-corrected chi connectivity index (χ0v) is 72.1. The van der Waals surface area contributed by atoms with Crippen molar-refractivity contribution in [2.45, 2.75) is 125 Å². The average Bonchev–Trinajstić information content (AvgIpc) is 0.867. The first-order valence-electron chi connectivity index (χ1n) is 37.2. The molecule has 0 spiro atoms. The molecule has 1 aliphatic rings. The number of carbonyl (C=O) groups is 5. The largest absolute Gasteiger partial charge is 0.380 e. The molecule has 1 aliphatic heterocycles. The maximum Gasteiger partial charge on any atom is 0.253 e. The van der Waals surface area contributed by atoms with Crippen molar-refractivity contribution in [1.82, 2.24) is 26.2 Å². The highest BCUT2D eigenvalue weighted by Crippen LogP contribution is 2.37. The molecule has 25 heteroatoms. The number of nitrogens with zero attached hydrogens (tertiary/aromatic N) is 1. The van der Waals surface area contributed by atoms with Crippen molar-refractivity contribution in [2.24, 2.45) is 0 Å². The topological polar surface area (TPSA) is 183 Å². The molecule has 11 rings (SSSR count). The van der Waals surface area contributed by atoms with Crippen molar-refractivity contribution in [2.75, 3.05) is 48.6 Å². The number of hydrogen-bond acceptors (Lipinski definition) is 10. The predicted octanol–water partition coefficient (Wildman–Crippen LogP) is 23.3. The van der Waals surface area contributed by atoms with Crippen molar-refractivity contribution in [3.05, 3.63) is 290 Å². The molecule has 1 heterocycles. The molecule has 0 bridgehead atoms. The van der Waals surface area contributed by atoms with Gasteiger partial charge in [0, 0.05) is 132 Å². The van der Waals surface area contributed by atoms with Crippen LogP contribution in [0.15, 0.2) is 182 Å². The van der Waals surface area contributed by atoms with Crippen molar-refractivity contribution in [1.29, 1.82) is 0 Å². The van der Waals surface area contributed by atoms with Gasteiger partial charge in [0.2, 0.25) is 0 Å². The minimum atomic E-state index is -0.461. The quantitative estimate of drug-likeness (QED) is 0.0454. The normalized spacial score (nSPS) is 11.6. The predicted molar refractivity (Wildman–Crippen MR) is 463 cm³/mol. The third-order valence-corrected chi connectivity index (χ3v) is 19.4. The van der Waals surface area contributed by atoms with Gasteiger partial charge >= 0.3 is 0 Å². The summed E-state index contributed by atoms with van der Waals surface area (Å²) in [6, 6.07) is 51.7. The number of ether oxygens (including phenoxy) is 5. The third-order valence-electron chi connectivity index (χ3n) is 17.5. The number of amides is 5. The number of halogens is 10. The van der Waals surface area contributed by atoms with Crippen molar-refractivity contribution in [3.8, 4) is 55.6 Å². The Bertz CT molecular complexity index is 4920. The molecule has 5 amide bonds. The van der Waals surface area contributed by atoms with Gasteiger partial charge in [0.25, 0.3) is 29.5 Å². The first-order chi connectivity index (χ1) is 55.3. The van der Waals surface area contributed by atoms with Crippen LogP contribution < -0.4 is 21.3 Å². The Kier molecular flexibility index (Phi) is 37.7. The van der Waals surface area contributed by atoms with E-state index in [0.717, 1.165) is 87.1 Å². The fraction of sp³-hybridized carbons (Fsp3) is 0.286. The van der Waals surface area contributed by atoms with E-state index in [1.54, 1.807) is 145 Å². The first kappa shape index (κ1) is 94.3. The molecule has 4 N–H and O–H groups in total. The molecule has 10 aromatic rings. The Hall–Kier alpha value is -8.83. The minimum Gasteiger partial charge on any atom is -0.380 e. The summed E-state index contributed by atoms with van der Waals surface area (Å²) < 4.78 is 68.0. The zero-order chi connectivity index (χ0) is 85.0. The lowest BCUT2D eigenvalue weighted by Crippen LogP contribution is -2.30. The molecule has 0 aliphatic carbocycles. The lowest BCUT2D eigenvalue weighted by atomic mass is 9.97. The van der Waals surface area contributed by atoms with E-state index < -0.39 is 17.5 Å². The number of hydrogen-bond donors (Lipinski definition) is 4. The molecular formula is C91H95Cl7F3N5O10. The van der Waals surface area contributed by atoms with E-state index in [0.29, 0.717) is 107 Å². The van der Waals surface area contributed by atoms with E-state index in [-0.39, 0.29) is 65.3 Å². The molecule has 0 atom stereocenters. The summed E-state index contributed by atoms with van der Waals surface area (Å²) in [4.78, 5) is 63.0. The second-order valence-corrected chi connectivity index (χ2v) is 31.2. The van der Waals surface area contributed by atoms with E-state index in [2.05, 4.69) is 21.3 Å². The number of rotatable bonds is 24. The highest BCUT2D eigenvalue weighted by atomic mass is 35.5. The van der Waals surface area contributed by atoms with Gasteiger partial charge in [-0.25, -0.2) is 13.2 Å². The fourth-order valence-corrected chi connectivity index (χ4v) is 13.7. The molecule has 0 unspecified atom stereocenters. The second kappa shape index (κ2) is 46.4. The van der Waals surface area contributed by atoms with Gasteiger partial charge < -0.3 is 49.9 Å². The maximum atomic E-state index is 14.3. The van der Waals surface area contributed by atoms with Crippen LogP contribution >= 0.6 is 81.2 Å². The van der Waals surface area contributed by atoms with Crippen molar-refractivity contribution in [3.63, 3.8) is 0 Å². The van der Waals surface area contributed by atoms with Crippen LogP contribution in [-0.4, -0.2) is 107 Å². The summed E-state index contributed by atoms with van der Waals surface area (Å²) in [7, 11) is 7.97. The third kappa shape index (κ3) is 27.9. The van der Waals surface area contributed by atoms with E-state index in [1.165, 1.54) is 18.2 Å². The Morgan fingerprint density at radius 3 is 0.940 bits per heavy atom. The first-order valence-corrected chi connectivity index (χ1v) is 39.8. The molecule has 614 valence electrons. The van der Waals surface area contributed by atoms with Crippen LogP contribution in [0, 0.1) is 17.5 Å². The standard InChI is InChI=1S/C19H19ClFNO2.2C18H19Cl2NO2.2C18H19ClFNO2/c1-24-12-14-10-13(19(23)22-8-2-3-9-22)4-6-16(14)17-7-5-15(20)11-18(17)21;1-11(2)21-18(22)13-4-6-15(14(8-13)10-23-3)12-5-7-16(19)17(20)9-12;1-11(2)21-18(22)12-4-5-17(14(6-12)10-23-3)13-7-15(19)9-16(20)8-13;1-11(2)21-18(22)13-4-6-15(14(8-13)10-23-3)12-5-7-17(20)16(19)9-12;1-11(2)21-18(22)12-4-6-15(13(8-12)10-23-3)16-7-5-14(19)9-17(16)20/h4-7,10-11H,2-3,8-9,12H2,1H3;4*4-9,11H,10H2,1-3H3,(H,21,22). The van der Waals surface area contributed by atoms with Gasteiger partial charge in [0.1, 0.15) is 17.5 Å². The summed E-state index contributed by atoms with van der Waals surface area (Å²) in [6.07, 6.45) is 2.09. The van der Waals surface area contributed by atoms with Gasteiger partial charge in [-0.15, -0.1) is 0 Å². The van der Waals surface area contributed by atoms with Gasteiger partial charge in [-0.05, 0) is 280 Å². The lowest BCUT2D eigenvalue weighted by molar-refractivity contribution is 0.0791. The van der Waals surface area contributed by atoms with Gasteiger partial charge in [0.05, 0.1) is 48.1 Å². The zero-order valence-electron chi connectivity index (χ0n) is 66.8. The monoisotopic (exact) mass is 1720 g/mol. The van der Waals surface area contributed by atoms with Crippen molar-refractivity contribution >= 4 is 111 Å². The highest BCUT2D eigenvalue weighted by molar-refractivity contribution is 6.42. The van der Waals surface area contributed by atoms with Crippen LogP contribution in [-0.2, 0) is 56.7 Å². The van der Waals surface area contributed by atoms with Gasteiger partial charge in [0.15, 0.2) is 0 Å². The summed E-state index contributed by atoms with van der Waals surface area (Å²) in [5, 5.41) is 14.4. The average molecular weight is 1720 g/mol. The summed E-state index contributed by atoms with van der Waals surface area (Å²) in [6.45, 7) is 18.6. The van der Waals surface area contributed by atoms with E-state index >= 15 is 0 Å². The Balaban J connectivity index is 0.000000201. The molecular weight excluding hydrogens is 1630 g/mol. The number of carbonyl (C=O) groups excluding carboxylic acids is 5. The van der Waals surface area contributed by atoms with Gasteiger partial charge in [-0.3, -0.25) is 24.0 Å². The fourth-order valence-electron chi connectivity index (χ4n) is 12.3. The van der Waals surface area contributed by atoms with E-state index in [1.807, 2.05) is 115 Å². The van der Waals surface area contributed by atoms with Crippen LogP contribution in [0.25, 0.3) is 55.6 Å². The molecule has 10 aromatic carbocycles. The van der Waals surface area contributed by atoms with E-state index in [4.69, 9.17) is 105 Å². The molecule has 116 heavy (non-hydrogen) atoms. The minimum absolute atomic E-state index is 0.0213. The summed E-state index contributed by atoms with van der Waals surface area (Å²) >= 11 is 41.8. The molecule has 1 fully saturated rings. The molecule has 0 saturated carbocycles. The van der Waals surface area contributed by atoms with Crippen LogP contribution in [0.2, 0.25) is 35.2 Å². The van der Waals surface area contributed by atoms with Crippen molar-refractivity contribution < 1.29 is 60.8 Å². The second-order valence-electron chi connectivity index (χ2n) is 28.2. The smallest absolute Gasteiger partial charge is 0.253 e. The van der Waals surface area contributed by atoms with Gasteiger partial charge in [-0.2, -0.15) is 0 Å². The molecule has 0 aromatic heterocycles. The van der Waals surface area contributed by atoms with Crippen LogP contribution in [0.3, 0.4) is 0 Å². The number of benzene rings is 10. The van der Waals surface area contributed by atoms with Crippen LogP contribution in [0.4, 0.5) is 13.2 Å². The Morgan fingerprint density at radius 1 is 0.310 bits per heavy atom. The van der Waals surface area contributed by atoms with Crippen LogP contribution in [0.5, 0.6) is 0 Å². The molecule has 1 saturated heterocycles. The number of likely N-dealkylation sites (tertiary alicyclic amines) is 1. The number of methoxy groups -OCH3 is 5. The SMILES string of the molecule is COCc1cc(C(=O)N2CCCC2)ccc1-c1ccc(Cl)cc1F.COCc1cc(C(=O)NC(C)C)ccc1-c1cc(Cl)cc(Cl)c1.COCc1cc(C(=O)NC(C)C)ccc1-c1ccc(Cl)c(Cl)c1.COCc1cc(C(=O)NC(C)C)ccc1-c1ccc(Cl)cc1F.COCc1cc(C(=O)NC(C)C)ccc1-c1ccc(F)c(Cl)c1. The van der Waals surface area contributed by atoms with Crippen LogP contribution in [0.1, 0.15) is 148 Å². The molecule has 0 radical (unpaired) electrons. The summed E-state index contributed by atoms with van der Waals surface area (Å²) in [5.41, 5.74) is 14.7. The number of nitrogens with one attached hydrogen (secondary N) is 4. The Labute approximate surface area is 712 Å². The lowest BCUT2D eigenvalue weighted by Gasteiger charge is -2.17. The summed E-state index contributed by atoms with van der Waals surface area (Å²) in [5.74, 6) is -1.75. The van der Waals surface area contributed by atoms with Gasteiger partial charge in [-0.1, -0.05) is 124 Å². The molecule has 15 nitrogen and oxygen atoms in total. The highest BCUT2D eigenvalue weighted by Gasteiger charge is 2.23. The Morgan fingerprint density at radius 2 is 0.612 bits per heavy atom.